The van der Waals surface area contributed by atoms with E-state index in [0.717, 1.165) is 42.7 Å². The molecule has 0 aromatic rings. The maximum atomic E-state index is 12.6. The van der Waals surface area contributed by atoms with Gasteiger partial charge in [0.2, 0.25) is 0 Å². The summed E-state index contributed by atoms with van der Waals surface area (Å²) < 4.78 is 3.61. The molecule has 1 N–H and O–H groups in total. The number of rotatable bonds is 3. The molecule has 0 atom stereocenters. The fourth-order valence-corrected chi connectivity index (χ4v) is 3.62. The second-order valence-electron chi connectivity index (χ2n) is 6.10. The third kappa shape index (κ3) is 1.88. The van der Waals surface area contributed by atoms with Gasteiger partial charge in [-0.15, -0.1) is 0 Å². The second-order valence-corrected chi connectivity index (χ2v) is 6.10. The van der Waals surface area contributed by atoms with E-state index in [2.05, 4.69) is 12.2 Å². The number of hydrogen-bond acceptors (Lipinski definition) is 4. The SMILES string of the molecule is CCCn1c2nc(C3CCCC3)nc-2c2n(c1=O)CCN2. The number of imidazole rings is 1. The van der Waals surface area contributed by atoms with Crippen molar-refractivity contribution >= 4 is 5.82 Å². The van der Waals surface area contributed by atoms with Crippen molar-refractivity contribution in [3.8, 4) is 11.5 Å². The Bertz CT molecular complexity index is 695. The molecule has 0 spiro atoms. The molecule has 0 saturated heterocycles. The lowest BCUT2D eigenvalue weighted by Gasteiger charge is -2.13. The van der Waals surface area contributed by atoms with Gasteiger partial charge in [0, 0.05) is 25.6 Å². The first-order valence-corrected chi connectivity index (χ1v) is 8.04. The highest BCUT2D eigenvalue weighted by Crippen LogP contribution is 2.36. The first-order chi connectivity index (χ1) is 10.3. The zero-order valence-corrected chi connectivity index (χ0v) is 12.4. The number of hydrogen-bond donors (Lipinski definition) is 1. The lowest BCUT2D eigenvalue weighted by molar-refractivity contribution is 0.588. The Labute approximate surface area is 123 Å². The summed E-state index contributed by atoms with van der Waals surface area (Å²) >= 11 is 0. The fraction of sp³-hybridized carbons (Fsp3) is 0.667. The number of nitrogens with zero attached hydrogens (tertiary/aromatic N) is 4. The van der Waals surface area contributed by atoms with E-state index in [1.807, 2.05) is 4.57 Å². The summed E-state index contributed by atoms with van der Waals surface area (Å²) in [6.45, 7) is 4.31. The molecule has 3 aliphatic heterocycles. The zero-order chi connectivity index (χ0) is 14.4. The van der Waals surface area contributed by atoms with E-state index >= 15 is 0 Å². The lowest BCUT2D eigenvalue weighted by Crippen LogP contribution is -2.31. The summed E-state index contributed by atoms with van der Waals surface area (Å²) in [5, 5.41) is 3.30. The molecule has 1 saturated carbocycles. The van der Waals surface area contributed by atoms with Gasteiger partial charge >= 0.3 is 5.69 Å². The van der Waals surface area contributed by atoms with Gasteiger partial charge in [-0.3, -0.25) is 9.13 Å². The van der Waals surface area contributed by atoms with Gasteiger partial charge in [0.05, 0.1) is 0 Å². The topological polar surface area (TPSA) is 64.7 Å². The average Bonchev–Trinajstić information content (AvgIpc) is 3.21. The number of anilines is 1. The molecule has 0 amide bonds. The van der Waals surface area contributed by atoms with Gasteiger partial charge in [-0.2, -0.15) is 0 Å². The van der Waals surface area contributed by atoms with Crippen LogP contribution in [0.15, 0.2) is 4.79 Å². The highest BCUT2D eigenvalue weighted by atomic mass is 16.1. The van der Waals surface area contributed by atoms with Gasteiger partial charge in [0.1, 0.15) is 17.3 Å². The summed E-state index contributed by atoms with van der Waals surface area (Å²) in [5.41, 5.74) is 0.921. The molecule has 4 aliphatic rings. The fourth-order valence-electron chi connectivity index (χ4n) is 3.62. The monoisotopic (exact) mass is 287 g/mol. The summed E-state index contributed by atoms with van der Waals surface area (Å²) in [4.78, 5) is 22.2. The summed E-state index contributed by atoms with van der Waals surface area (Å²) in [6, 6.07) is 0. The molecule has 4 rings (SSSR count). The predicted octanol–water partition coefficient (Wildman–Crippen LogP) is 2.04. The van der Waals surface area contributed by atoms with Crippen LogP contribution < -0.4 is 11.0 Å². The van der Waals surface area contributed by atoms with E-state index in [1.54, 1.807) is 4.57 Å². The predicted molar refractivity (Wildman–Crippen MR) is 80.9 cm³/mol. The van der Waals surface area contributed by atoms with Gasteiger partial charge in [-0.1, -0.05) is 19.8 Å². The Hall–Kier alpha value is -1.85. The van der Waals surface area contributed by atoms with Crippen LogP contribution in [0.2, 0.25) is 0 Å². The Morgan fingerprint density at radius 2 is 2.10 bits per heavy atom. The van der Waals surface area contributed by atoms with E-state index in [-0.39, 0.29) is 5.69 Å². The van der Waals surface area contributed by atoms with Crippen LogP contribution in [0.5, 0.6) is 0 Å². The molecule has 21 heavy (non-hydrogen) atoms. The number of nitrogens with one attached hydrogen (secondary N) is 1. The minimum atomic E-state index is 0.0437. The van der Waals surface area contributed by atoms with Crippen LogP contribution in [0.25, 0.3) is 11.5 Å². The lowest BCUT2D eigenvalue weighted by atomic mass is 10.1. The molecule has 0 aromatic carbocycles. The van der Waals surface area contributed by atoms with Gasteiger partial charge in [0.15, 0.2) is 5.82 Å². The molecule has 0 radical (unpaired) electrons. The molecule has 0 bridgehead atoms. The normalized spacial score (nSPS) is 18.3. The second kappa shape index (κ2) is 4.86. The molecule has 6 nitrogen and oxygen atoms in total. The first-order valence-electron chi connectivity index (χ1n) is 8.04. The van der Waals surface area contributed by atoms with Gasteiger partial charge in [-0.05, 0) is 19.3 Å². The summed E-state index contributed by atoms with van der Waals surface area (Å²) in [7, 11) is 0. The summed E-state index contributed by atoms with van der Waals surface area (Å²) in [6.07, 6.45) is 5.81. The molecule has 0 aromatic heterocycles. The standard InChI is InChI=1S/C15H21N5O/c1-2-8-19-14-11(13-16-7-9-20(13)15(19)21)17-12(18-14)10-5-3-4-6-10/h10,16H,2-9H2,1H3. The molecular formula is C15H21N5O. The maximum Gasteiger partial charge on any atom is 0.331 e. The third-order valence-electron chi connectivity index (χ3n) is 4.67. The molecule has 1 aliphatic carbocycles. The van der Waals surface area contributed by atoms with Crippen molar-refractivity contribution in [2.75, 3.05) is 11.9 Å². The van der Waals surface area contributed by atoms with Crippen LogP contribution in [0.4, 0.5) is 5.82 Å². The quantitative estimate of drug-likeness (QED) is 0.938. The number of aromatic nitrogens is 4. The van der Waals surface area contributed by atoms with Crippen LogP contribution >= 0.6 is 0 Å². The summed E-state index contributed by atoms with van der Waals surface area (Å²) in [5.74, 6) is 3.04. The molecule has 112 valence electrons. The smallest absolute Gasteiger partial charge is 0.331 e. The van der Waals surface area contributed by atoms with E-state index < -0.39 is 0 Å². The Morgan fingerprint density at radius 3 is 2.86 bits per heavy atom. The van der Waals surface area contributed by atoms with Crippen LogP contribution in [0.1, 0.15) is 50.8 Å². The molecule has 1 fully saturated rings. The van der Waals surface area contributed by atoms with Crippen molar-refractivity contribution in [3.05, 3.63) is 16.3 Å². The largest absolute Gasteiger partial charge is 0.368 e. The minimum Gasteiger partial charge on any atom is -0.368 e. The minimum absolute atomic E-state index is 0.0437. The highest BCUT2D eigenvalue weighted by Gasteiger charge is 2.30. The van der Waals surface area contributed by atoms with Crippen molar-refractivity contribution in [3.63, 3.8) is 0 Å². The molecule has 6 heteroatoms. The Kier molecular flexibility index (Phi) is 2.97. The van der Waals surface area contributed by atoms with E-state index in [4.69, 9.17) is 9.97 Å². The van der Waals surface area contributed by atoms with Crippen molar-refractivity contribution in [2.24, 2.45) is 0 Å². The van der Waals surface area contributed by atoms with Crippen LogP contribution in [-0.2, 0) is 13.1 Å². The van der Waals surface area contributed by atoms with Gasteiger partial charge in [-0.25, -0.2) is 14.8 Å². The van der Waals surface area contributed by atoms with Gasteiger partial charge < -0.3 is 5.32 Å². The van der Waals surface area contributed by atoms with Crippen LogP contribution in [0.3, 0.4) is 0 Å². The molecule has 0 unspecified atom stereocenters. The zero-order valence-electron chi connectivity index (χ0n) is 12.4. The van der Waals surface area contributed by atoms with Crippen molar-refractivity contribution in [2.45, 2.75) is 58.0 Å². The highest BCUT2D eigenvalue weighted by molar-refractivity contribution is 5.69. The molecular weight excluding hydrogens is 266 g/mol. The number of fused-ring (bicyclic) bond motifs is 3. The van der Waals surface area contributed by atoms with Crippen molar-refractivity contribution in [1.29, 1.82) is 0 Å². The van der Waals surface area contributed by atoms with Crippen molar-refractivity contribution < 1.29 is 0 Å². The van der Waals surface area contributed by atoms with E-state index in [0.29, 0.717) is 12.5 Å². The average molecular weight is 287 g/mol. The Morgan fingerprint density at radius 1 is 1.29 bits per heavy atom. The maximum absolute atomic E-state index is 12.6. The first kappa shape index (κ1) is 12.9. The van der Waals surface area contributed by atoms with Gasteiger partial charge in [0.25, 0.3) is 0 Å². The third-order valence-corrected chi connectivity index (χ3v) is 4.67. The van der Waals surface area contributed by atoms with Crippen LogP contribution in [-0.4, -0.2) is 25.6 Å². The van der Waals surface area contributed by atoms with E-state index in [1.165, 1.54) is 25.7 Å². The van der Waals surface area contributed by atoms with Crippen molar-refractivity contribution in [1.82, 2.24) is 19.1 Å². The Balaban J connectivity index is 1.93. The van der Waals surface area contributed by atoms with E-state index in [9.17, 15) is 4.79 Å². The van der Waals surface area contributed by atoms with Crippen LogP contribution in [0, 0.1) is 0 Å². The molecule has 3 heterocycles.